The Morgan fingerprint density at radius 3 is 2.93 bits per heavy atom. The first-order valence-electron chi connectivity index (χ1n) is 10.3. The Kier molecular flexibility index (Phi) is 9.07. The molecule has 27 heavy (non-hydrogen) atoms. The Balaban J connectivity index is 1.58. The third-order valence-corrected chi connectivity index (χ3v) is 5.04. The minimum absolute atomic E-state index is 0.0636. The molecule has 1 fully saturated rings. The average Bonchev–Trinajstić information content (AvgIpc) is 2.94. The summed E-state index contributed by atoms with van der Waals surface area (Å²) in [4.78, 5) is 13.9. The number of hydrogen-bond acceptors (Lipinski definition) is 6. The number of ether oxygens (including phenoxy) is 1. The van der Waals surface area contributed by atoms with Crippen LogP contribution in [0.5, 0.6) is 5.88 Å². The molecule has 0 spiro atoms. The van der Waals surface area contributed by atoms with E-state index in [2.05, 4.69) is 22.3 Å². The van der Waals surface area contributed by atoms with Crippen molar-refractivity contribution in [1.29, 1.82) is 0 Å². The highest BCUT2D eigenvalue weighted by Crippen LogP contribution is 2.27. The lowest BCUT2D eigenvalue weighted by Gasteiger charge is -2.22. The smallest absolute Gasteiger partial charge is 0.314 e. The van der Waals surface area contributed by atoms with Gasteiger partial charge in [0.05, 0.1) is 6.61 Å². The Bertz CT molecular complexity index is 561. The molecule has 0 radical (unpaired) electrons. The third-order valence-electron chi connectivity index (χ3n) is 5.04. The van der Waals surface area contributed by atoms with Crippen LogP contribution >= 0.6 is 0 Å². The van der Waals surface area contributed by atoms with Crippen molar-refractivity contribution in [3.05, 3.63) is 11.8 Å². The monoisotopic (exact) mass is 381 g/mol. The van der Waals surface area contributed by atoms with Gasteiger partial charge in [0, 0.05) is 18.7 Å². The first-order chi connectivity index (χ1) is 13.0. The van der Waals surface area contributed by atoms with E-state index in [1.807, 2.05) is 13.8 Å². The average molecular weight is 382 g/mol. The van der Waals surface area contributed by atoms with Crippen molar-refractivity contribution in [1.82, 2.24) is 15.4 Å². The second-order valence-electron chi connectivity index (χ2n) is 7.90. The number of rotatable bonds is 11. The lowest BCUT2D eigenvalue weighted by molar-refractivity contribution is -0.140. The molecule has 2 heterocycles. The summed E-state index contributed by atoms with van der Waals surface area (Å²) in [7, 11) is 0. The van der Waals surface area contributed by atoms with Gasteiger partial charge in [-0.3, -0.25) is 4.79 Å². The highest BCUT2D eigenvalue weighted by Gasteiger charge is 2.28. The normalized spacial score (nSPS) is 19.8. The predicted octanol–water partition coefficient (Wildman–Crippen LogP) is 3.12. The highest BCUT2D eigenvalue weighted by atomic mass is 16.5. The SMILES string of the molecule is CC(C)C(C(=O)O)c1cc(OCCCCCCN2CCCN[C@@H](C)C2)no1. The third kappa shape index (κ3) is 7.50. The van der Waals surface area contributed by atoms with Gasteiger partial charge in [-0.25, -0.2) is 0 Å². The molecule has 0 aromatic carbocycles. The molecule has 0 amide bonds. The van der Waals surface area contributed by atoms with Gasteiger partial charge in [-0.2, -0.15) is 0 Å². The van der Waals surface area contributed by atoms with E-state index in [1.165, 1.54) is 32.4 Å². The molecule has 1 aromatic heterocycles. The van der Waals surface area contributed by atoms with E-state index in [-0.39, 0.29) is 5.92 Å². The van der Waals surface area contributed by atoms with Crippen molar-refractivity contribution in [2.45, 2.75) is 64.8 Å². The summed E-state index contributed by atoms with van der Waals surface area (Å²) < 4.78 is 10.8. The van der Waals surface area contributed by atoms with E-state index in [1.54, 1.807) is 6.07 Å². The number of carboxylic acid groups (broad SMARTS) is 1. The standard InChI is InChI=1S/C20H35N3O4/c1-15(2)19(20(24)25)17-13-18(22-27-17)26-12-7-5-4-6-10-23-11-8-9-21-16(3)14-23/h13,15-16,19,21H,4-12,14H2,1-3H3,(H,24,25)/t16-,19?/m0/s1. The molecule has 1 aliphatic rings. The molecule has 2 N–H and O–H groups in total. The minimum atomic E-state index is -0.901. The maximum Gasteiger partial charge on any atom is 0.314 e. The highest BCUT2D eigenvalue weighted by molar-refractivity contribution is 5.75. The second kappa shape index (κ2) is 11.3. The molecule has 1 unspecified atom stereocenters. The van der Waals surface area contributed by atoms with Crippen LogP contribution in [0, 0.1) is 5.92 Å². The fraction of sp³-hybridized carbons (Fsp3) is 0.800. The Labute approximate surface area is 162 Å². The summed E-state index contributed by atoms with van der Waals surface area (Å²) in [5.74, 6) is -0.920. The quantitative estimate of drug-likeness (QED) is 0.569. The van der Waals surface area contributed by atoms with E-state index in [4.69, 9.17) is 9.26 Å². The van der Waals surface area contributed by atoms with Crippen LogP contribution in [0.2, 0.25) is 0 Å². The van der Waals surface area contributed by atoms with Gasteiger partial charge >= 0.3 is 5.97 Å². The van der Waals surface area contributed by atoms with Gasteiger partial charge < -0.3 is 24.6 Å². The summed E-state index contributed by atoms with van der Waals surface area (Å²) in [6.45, 7) is 11.2. The van der Waals surface area contributed by atoms with Gasteiger partial charge in [-0.15, -0.1) is 0 Å². The zero-order chi connectivity index (χ0) is 19.6. The number of aliphatic carboxylic acids is 1. The Morgan fingerprint density at radius 1 is 1.41 bits per heavy atom. The van der Waals surface area contributed by atoms with Gasteiger partial charge in [0.25, 0.3) is 5.88 Å². The summed E-state index contributed by atoms with van der Waals surface area (Å²) in [6.07, 6.45) is 5.73. The van der Waals surface area contributed by atoms with Crippen molar-refractivity contribution in [2.24, 2.45) is 5.92 Å². The van der Waals surface area contributed by atoms with Gasteiger partial charge in [0.2, 0.25) is 0 Å². The molecular formula is C20H35N3O4. The largest absolute Gasteiger partial charge is 0.481 e. The molecule has 7 nitrogen and oxygen atoms in total. The summed E-state index contributed by atoms with van der Waals surface area (Å²) >= 11 is 0. The molecule has 2 atom stereocenters. The van der Waals surface area contributed by atoms with Crippen LogP contribution in [0.1, 0.15) is 64.6 Å². The molecule has 154 valence electrons. The van der Waals surface area contributed by atoms with Crippen LogP contribution in [0.3, 0.4) is 0 Å². The molecular weight excluding hydrogens is 346 g/mol. The summed E-state index contributed by atoms with van der Waals surface area (Å²) in [5.41, 5.74) is 0. The molecule has 1 aliphatic heterocycles. The molecule has 1 aromatic rings. The van der Waals surface area contributed by atoms with Crippen LogP contribution in [0.15, 0.2) is 10.6 Å². The Hall–Kier alpha value is -1.60. The predicted molar refractivity (Wildman–Crippen MR) is 104 cm³/mol. The van der Waals surface area contributed by atoms with E-state index < -0.39 is 11.9 Å². The van der Waals surface area contributed by atoms with Gasteiger partial charge in [0.15, 0.2) is 5.76 Å². The molecule has 0 saturated carbocycles. The van der Waals surface area contributed by atoms with Crippen molar-refractivity contribution in [2.75, 3.05) is 32.8 Å². The van der Waals surface area contributed by atoms with E-state index in [9.17, 15) is 9.90 Å². The van der Waals surface area contributed by atoms with Gasteiger partial charge in [0.1, 0.15) is 5.92 Å². The first kappa shape index (κ1) is 21.7. The number of nitrogens with one attached hydrogen (secondary N) is 1. The van der Waals surface area contributed by atoms with Gasteiger partial charge in [-0.05, 0) is 56.9 Å². The molecule has 7 heteroatoms. The molecule has 1 saturated heterocycles. The summed E-state index contributed by atoms with van der Waals surface area (Å²) in [5, 5.41) is 16.7. The van der Waals surface area contributed by atoms with E-state index >= 15 is 0 Å². The summed E-state index contributed by atoms with van der Waals surface area (Å²) in [6, 6.07) is 2.19. The first-order valence-corrected chi connectivity index (χ1v) is 10.3. The number of aromatic nitrogens is 1. The maximum atomic E-state index is 11.3. The topological polar surface area (TPSA) is 87.8 Å². The van der Waals surface area contributed by atoms with E-state index in [0.29, 0.717) is 24.3 Å². The van der Waals surface area contributed by atoms with E-state index in [0.717, 1.165) is 25.9 Å². The lowest BCUT2D eigenvalue weighted by atomic mass is 9.94. The van der Waals surface area contributed by atoms with Crippen molar-refractivity contribution in [3.8, 4) is 5.88 Å². The maximum absolute atomic E-state index is 11.3. The number of hydrogen-bond donors (Lipinski definition) is 2. The van der Waals surface area contributed by atoms with Gasteiger partial charge in [-0.1, -0.05) is 26.7 Å². The van der Waals surface area contributed by atoms with Crippen molar-refractivity contribution in [3.63, 3.8) is 0 Å². The lowest BCUT2D eigenvalue weighted by Crippen LogP contribution is -2.35. The van der Waals surface area contributed by atoms with Crippen LogP contribution in [0.25, 0.3) is 0 Å². The zero-order valence-corrected chi connectivity index (χ0v) is 16.9. The second-order valence-corrected chi connectivity index (χ2v) is 7.90. The zero-order valence-electron chi connectivity index (χ0n) is 16.9. The molecule has 2 rings (SSSR count). The number of carboxylic acids is 1. The minimum Gasteiger partial charge on any atom is -0.481 e. The van der Waals surface area contributed by atoms with Crippen molar-refractivity contribution < 1.29 is 19.2 Å². The number of nitrogens with zero attached hydrogens (tertiary/aromatic N) is 2. The molecule has 0 bridgehead atoms. The number of carbonyl (C=O) groups is 1. The Morgan fingerprint density at radius 2 is 2.19 bits per heavy atom. The van der Waals surface area contributed by atoms with Crippen LogP contribution in [-0.2, 0) is 4.79 Å². The van der Waals surface area contributed by atoms with Crippen LogP contribution < -0.4 is 10.1 Å². The fourth-order valence-corrected chi connectivity index (χ4v) is 3.59. The number of unbranched alkanes of at least 4 members (excludes halogenated alkanes) is 3. The van der Waals surface area contributed by atoms with Crippen molar-refractivity contribution >= 4 is 5.97 Å². The molecule has 0 aliphatic carbocycles. The van der Waals surface area contributed by atoms with Crippen LogP contribution in [-0.4, -0.2) is 60.0 Å². The fourth-order valence-electron chi connectivity index (χ4n) is 3.59. The van der Waals surface area contributed by atoms with Crippen LogP contribution in [0.4, 0.5) is 0 Å².